The van der Waals surface area contributed by atoms with E-state index in [9.17, 15) is 8.78 Å². The lowest BCUT2D eigenvalue weighted by Crippen LogP contribution is -2.27. The van der Waals surface area contributed by atoms with E-state index >= 15 is 0 Å². The minimum atomic E-state index is -0.727. The van der Waals surface area contributed by atoms with Crippen LogP contribution in [0.2, 0.25) is 0 Å². The van der Waals surface area contributed by atoms with Crippen LogP contribution in [0.5, 0.6) is 0 Å². The first-order chi connectivity index (χ1) is 18.0. The highest BCUT2D eigenvalue weighted by Crippen LogP contribution is 2.36. The number of ether oxygens (including phenoxy) is 1. The predicted octanol–water partition coefficient (Wildman–Crippen LogP) is 5.79. The second-order valence-corrected chi connectivity index (χ2v) is 9.89. The quantitative estimate of drug-likeness (QED) is 0.303. The molecule has 2 aliphatic rings. The molecule has 0 bridgehead atoms. The van der Waals surface area contributed by atoms with E-state index in [0.717, 1.165) is 49.8 Å². The normalized spacial score (nSPS) is 20.8. The zero-order valence-electron chi connectivity index (χ0n) is 20.6. The molecule has 0 amide bonds. The smallest absolute Gasteiger partial charge is 0.205 e. The number of rotatable bonds is 7. The van der Waals surface area contributed by atoms with Crippen LogP contribution in [0.25, 0.3) is 6.08 Å². The van der Waals surface area contributed by atoms with Crippen molar-refractivity contribution in [1.82, 2.24) is 15.0 Å². The van der Waals surface area contributed by atoms with Crippen molar-refractivity contribution in [2.45, 2.75) is 56.4 Å². The van der Waals surface area contributed by atoms with Gasteiger partial charge < -0.3 is 26.2 Å². The van der Waals surface area contributed by atoms with E-state index < -0.39 is 11.6 Å². The van der Waals surface area contributed by atoms with Crippen molar-refractivity contribution in [2.24, 2.45) is 5.73 Å². The monoisotopic (exact) mass is 506 g/mol. The Labute approximate surface area is 215 Å². The molecule has 9 heteroatoms. The number of pyridine rings is 1. The van der Waals surface area contributed by atoms with Crippen LogP contribution in [0.15, 0.2) is 42.9 Å². The summed E-state index contributed by atoms with van der Waals surface area (Å²) in [7, 11) is 0. The lowest BCUT2D eigenvalue weighted by Gasteiger charge is -2.28. The standard InChI is InChI=1S/C28H32F2N6O/c29-23-13-19(17-7-10-37-11-8-17)14-24(30)27(23)25(32)5-4-21-15-34-28(35-21)36-26-16-33-9-6-22(26)18-2-1-3-20(31)12-18/h4-6,9,13-18,20,32H,1-3,7-8,10-12,31H2,(H2,34,35,36)/b5-4-,32-25?. The molecule has 37 heavy (non-hydrogen) atoms. The van der Waals surface area contributed by atoms with Gasteiger partial charge in [-0.05, 0) is 85.4 Å². The number of hydrogen-bond acceptors (Lipinski definition) is 6. The first-order valence-electron chi connectivity index (χ1n) is 12.8. The number of aromatic nitrogens is 3. The molecule has 1 aliphatic carbocycles. The van der Waals surface area contributed by atoms with Crippen LogP contribution in [-0.2, 0) is 4.74 Å². The molecule has 1 saturated carbocycles. The first kappa shape index (κ1) is 25.2. The summed E-state index contributed by atoms with van der Waals surface area (Å²) in [5.74, 6) is -0.502. The van der Waals surface area contributed by atoms with Gasteiger partial charge in [-0.15, -0.1) is 0 Å². The van der Waals surface area contributed by atoms with Gasteiger partial charge in [0.05, 0.1) is 35.1 Å². The van der Waals surface area contributed by atoms with Crippen molar-refractivity contribution in [3.63, 3.8) is 0 Å². The van der Waals surface area contributed by atoms with Crippen molar-refractivity contribution < 1.29 is 13.5 Å². The van der Waals surface area contributed by atoms with Gasteiger partial charge in [0.2, 0.25) is 5.95 Å². The van der Waals surface area contributed by atoms with Crippen LogP contribution in [-0.4, -0.2) is 39.9 Å². The number of imidazole rings is 1. The molecule has 2 aromatic heterocycles. The molecule has 5 rings (SSSR count). The van der Waals surface area contributed by atoms with Crippen molar-refractivity contribution in [2.75, 3.05) is 18.5 Å². The summed E-state index contributed by atoms with van der Waals surface area (Å²) in [6, 6.07) is 4.93. The molecule has 1 saturated heterocycles. The van der Waals surface area contributed by atoms with Crippen molar-refractivity contribution >= 4 is 23.4 Å². The molecular formula is C28H32F2N6O. The van der Waals surface area contributed by atoms with E-state index in [2.05, 4.69) is 20.3 Å². The summed E-state index contributed by atoms with van der Waals surface area (Å²) in [4.78, 5) is 11.7. The van der Waals surface area contributed by atoms with Crippen molar-refractivity contribution in [3.8, 4) is 0 Å². The van der Waals surface area contributed by atoms with Gasteiger partial charge in [0.15, 0.2) is 0 Å². The van der Waals surface area contributed by atoms with Gasteiger partial charge >= 0.3 is 0 Å². The average Bonchev–Trinajstić information content (AvgIpc) is 3.35. The maximum absolute atomic E-state index is 14.8. The van der Waals surface area contributed by atoms with Crippen LogP contribution in [0, 0.1) is 17.0 Å². The fourth-order valence-electron chi connectivity index (χ4n) is 5.36. The van der Waals surface area contributed by atoms with Gasteiger partial charge in [-0.25, -0.2) is 13.8 Å². The van der Waals surface area contributed by atoms with Gasteiger partial charge in [-0.3, -0.25) is 4.98 Å². The second kappa shape index (κ2) is 11.3. The third-order valence-electron chi connectivity index (χ3n) is 7.31. The lowest BCUT2D eigenvalue weighted by atomic mass is 9.81. The second-order valence-electron chi connectivity index (χ2n) is 9.89. The maximum Gasteiger partial charge on any atom is 0.205 e. The van der Waals surface area contributed by atoms with E-state index in [4.69, 9.17) is 15.9 Å². The van der Waals surface area contributed by atoms with Crippen LogP contribution < -0.4 is 11.1 Å². The molecule has 5 N–H and O–H groups in total. The molecule has 2 fully saturated rings. The number of anilines is 2. The fourth-order valence-corrected chi connectivity index (χ4v) is 5.36. The summed E-state index contributed by atoms with van der Waals surface area (Å²) in [6.07, 6.45) is 13.8. The Hall–Kier alpha value is -3.43. The number of H-pyrrole nitrogens is 1. The lowest BCUT2D eigenvalue weighted by molar-refractivity contribution is 0.0852. The van der Waals surface area contributed by atoms with E-state index in [-0.39, 0.29) is 23.2 Å². The highest BCUT2D eigenvalue weighted by molar-refractivity contribution is 6.09. The average molecular weight is 507 g/mol. The maximum atomic E-state index is 14.8. The summed E-state index contributed by atoms with van der Waals surface area (Å²) in [5.41, 5.74) is 8.85. The Kier molecular flexibility index (Phi) is 7.71. The van der Waals surface area contributed by atoms with Crippen LogP contribution in [0.1, 0.15) is 72.7 Å². The highest BCUT2D eigenvalue weighted by atomic mass is 19.1. The number of aromatic amines is 1. The molecule has 1 aromatic carbocycles. The minimum Gasteiger partial charge on any atom is -0.381 e. The number of nitrogens with one attached hydrogen (secondary N) is 3. The number of hydrogen-bond donors (Lipinski definition) is 4. The van der Waals surface area contributed by atoms with Crippen LogP contribution >= 0.6 is 0 Å². The number of halogens is 2. The van der Waals surface area contributed by atoms with Gasteiger partial charge in [0.25, 0.3) is 0 Å². The Balaban J connectivity index is 1.27. The van der Waals surface area contributed by atoms with E-state index in [1.54, 1.807) is 24.7 Å². The van der Waals surface area contributed by atoms with Crippen LogP contribution in [0.4, 0.5) is 20.4 Å². The summed E-state index contributed by atoms with van der Waals surface area (Å²) in [6.45, 7) is 1.18. The zero-order chi connectivity index (χ0) is 25.8. The predicted molar refractivity (Wildman–Crippen MR) is 140 cm³/mol. The van der Waals surface area contributed by atoms with Gasteiger partial charge in [-0.1, -0.05) is 6.42 Å². The fraction of sp³-hybridized carbons (Fsp3) is 0.393. The third kappa shape index (κ3) is 5.94. The molecule has 7 nitrogen and oxygen atoms in total. The molecule has 2 unspecified atom stereocenters. The molecule has 3 heterocycles. The summed E-state index contributed by atoms with van der Waals surface area (Å²) < 4.78 is 35.0. The minimum absolute atomic E-state index is 0.0719. The number of allylic oxidation sites excluding steroid dienone is 1. The number of benzene rings is 1. The van der Waals surface area contributed by atoms with Gasteiger partial charge in [0, 0.05) is 25.5 Å². The van der Waals surface area contributed by atoms with Gasteiger partial charge in [0.1, 0.15) is 11.6 Å². The molecular weight excluding hydrogens is 474 g/mol. The molecule has 3 aromatic rings. The molecule has 0 radical (unpaired) electrons. The molecule has 1 aliphatic heterocycles. The topological polar surface area (TPSA) is 113 Å². The molecule has 2 atom stereocenters. The SMILES string of the molecule is N=C(/C=C\c1cnc(Nc2cnccc2C2CCCC(N)C2)[nH]1)c1c(F)cc(C2CCOCC2)cc1F. The first-order valence-corrected chi connectivity index (χ1v) is 12.8. The summed E-state index contributed by atoms with van der Waals surface area (Å²) >= 11 is 0. The highest BCUT2D eigenvalue weighted by Gasteiger charge is 2.23. The van der Waals surface area contributed by atoms with E-state index in [0.29, 0.717) is 36.3 Å². The Bertz CT molecular complexity index is 1260. The Morgan fingerprint density at radius 2 is 1.89 bits per heavy atom. The third-order valence-corrected chi connectivity index (χ3v) is 7.31. The molecule has 194 valence electrons. The van der Waals surface area contributed by atoms with E-state index in [1.165, 1.54) is 18.2 Å². The van der Waals surface area contributed by atoms with Crippen molar-refractivity contribution in [1.29, 1.82) is 5.41 Å². The van der Waals surface area contributed by atoms with Crippen LogP contribution in [0.3, 0.4) is 0 Å². The van der Waals surface area contributed by atoms with E-state index in [1.807, 2.05) is 6.07 Å². The largest absolute Gasteiger partial charge is 0.381 e. The molecule has 0 spiro atoms. The van der Waals surface area contributed by atoms with Crippen molar-refractivity contribution in [3.05, 3.63) is 76.9 Å². The zero-order valence-corrected chi connectivity index (χ0v) is 20.6. The Morgan fingerprint density at radius 3 is 2.65 bits per heavy atom. The summed E-state index contributed by atoms with van der Waals surface area (Å²) in [5, 5.41) is 11.6. The number of nitrogens with zero attached hydrogens (tertiary/aromatic N) is 2. The van der Waals surface area contributed by atoms with Gasteiger partial charge in [-0.2, -0.15) is 0 Å². The number of nitrogens with two attached hydrogens (primary N) is 1. The Morgan fingerprint density at radius 1 is 1.11 bits per heavy atom.